The number of nitrogens with one attached hydrogen (secondary N) is 2. The molecule has 0 saturated carbocycles. The first-order valence-electron chi connectivity index (χ1n) is 8.74. The molecular weight excluding hydrogens is 458 g/mol. The molecule has 0 aliphatic carbocycles. The molecule has 1 aliphatic rings. The molecule has 3 aromatic rings. The van der Waals surface area contributed by atoms with E-state index in [-0.39, 0.29) is 17.5 Å². The zero-order valence-corrected chi connectivity index (χ0v) is 17.4. The summed E-state index contributed by atoms with van der Waals surface area (Å²) in [6.07, 6.45) is 2.06. The van der Waals surface area contributed by atoms with Gasteiger partial charge in [-0.15, -0.1) is 11.3 Å². The second-order valence-electron chi connectivity index (χ2n) is 6.50. The van der Waals surface area contributed by atoms with Gasteiger partial charge in [0, 0.05) is 33.8 Å². The van der Waals surface area contributed by atoms with E-state index in [0.29, 0.717) is 29.4 Å². The molecule has 1 fully saturated rings. The number of hydrogen-bond donors (Lipinski definition) is 3. The predicted molar refractivity (Wildman–Crippen MR) is 114 cm³/mol. The summed E-state index contributed by atoms with van der Waals surface area (Å²) in [5.74, 6) is -1.92. The predicted octanol–water partition coefficient (Wildman–Crippen LogP) is 2.99. The van der Waals surface area contributed by atoms with Gasteiger partial charge in [-0.05, 0) is 30.7 Å². The number of nitrogens with two attached hydrogens (primary N) is 1. The van der Waals surface area contributed by atoms with Gasteiger partial charge in [0.1, 0.15) is 11.6 Å². The number of carbonyl (C=O) groups excluding carboxylic acids is 3. The van der Waals surface area contributed by atoms with Crippen molar-refractivity contribution in [2.45, 2.75) is 6.42 Å². The molecule has 29 heavy (non-hydrogen) atoms. The molecule has 8 nitrogen and oxygen atoms in total. The Bertz CT molecular complexity index is 1110. The topological polar surface area (TPSA) is 121 Å². The van der Waals surface area contributed by atoms with Crippen molar-refractivity contribution in [3.63, 3.8) is 0 Å². The molecule has 3 amide bonds. The minimum absolute atomic E-state index is 0.228. The number of H-pyrrole nitrogens is 1. The number of nitrogens with zero attached hydrogens (tertiary/aromatic N) is 2. The molecule has 4 rings (SSSR count). The first kappa shape index (κ1) is 19.3. The van der Waals surface area contributed by atoms with Crippen LogP contribution in [0.2, 0.25) is 0 Å². The van der Waals surface area contributed by atoms with E-state index in [0.717, 1.165) is 10.2 Å². The summed E-state index contributed by atoms with van der Waals surface area (Å²) in [7, 11) is 0. The van der Waals surface area contributed by atoms with Crippen LogP contribution in [0, 0.1) is 5.92 Å². The van der Waals surface area contributed by atoms with Gasteiger partial charge in [-0.25, -0.2) is 4.98 Å². The number of anilines is 2. The van der Waals surface area contributed by atoms with Crippen molar-refractivity contribution in [1.82, 2.24) is 9.97 Å². The number of thiazole rings is 1. The maximum absolute atomic E-state index is 12.7. The summed E-state index contributed by atoms with van der Waals surface area (Å²) in [6.45, 7) is 0.482. The van der Waals surface area contributed by atoms with E-state index < -0.39 is 11.8 Å². The summed E-state index contributed by atoms with van der Waals surface area (Å²) >= 11 is 4.64. The molecule has 1 saturated heterocycles. The van der Waals surface area contributed by atoms with E-state index >= 15 is 0 Å². The Hall–Kier alpha value is -2.98. The van der Waals surface area contributed by atoms with Gasteiger partial charge in [0.2, 0.25) is 11.8 Å². The fourth-order valence-electron chi connectivity index (χ4n) is 3.16. The van der Waals surface area contributed by atoms with Crippen LogP contribution >= 0.6 is 27.3 Å². The lowest BCUT2D eigenvalue weighted by Crippen LogP contribution is -2.33. The molecule has 1 aromatic carbocycles. The molecule has 1 atom stereocenters. The van der Waals surface area contributed by atoms with Gasteiger partial charge in [-0.2, -0.15) is 0 Å². The Balaban J connectivity index is 1.44. The summed E-state index contributed by atoms with van der Waals surface area (Å²) in [6, 6.07) is 9.02. The van der Waals surface area contributed by atoms with Crippen LogP contribution in [0.3, 0.4) is 0 Å². The number of benzene rings is 1. The highest BCUT2D eigenvalue weighted by Gasteiger charge is 2.38. The van der Waals surface area contributed by atoms with Crippen LogP contribution in [0.15, 0.2) is 46.4 Å². The fraction of sp³-hybridized carbons (Fsp3) is 0.158. The van der Waals surface area contributed by atoms with Gasteiger partial charge in [0.05, 0.1) is 5.69 Å². The number of aromatic amines is 1. The summed E-state index contributed by atoms with van der Waals surface area (Å²) < 4.78 is 0.871. The summed E-state index contributed by atoms with van der Waals surface area (Å²) in [4.78, 5) is 45.3. The van der Waals surface area contributed by atoms with Gasteiger partial charge in [0.15, 0.2) is 5.13 Å². The quantitative estimate of drug-likeness (QED) is 0.493. The molecule has 2 aromatic heterocycles. The minimum atomic E-state index is -0.755. The third-order valence-electron chi connectivity index (χ3n) is 4.62. The monoisotopic (exact) mass is 473 g/mol. The van der Waals surface area contributed by atoms with Crippen molar-refractivity contribution in [2.24, 2.45) is 11.7 Å². The van der Waals surface area contributed by atoms with Crippen molar-refractivity contribution in [3.05, 3.63) is 52.1 Å². The first-order chi connectivity index (χ1) is 13.9. The molecule has 1 unspecified atom stereocenters. The van der Waals surface area contributed by atoms with Crippen LogP contribution in [0.5, 0.6) is 0 Å². The van der Waals surface area contributed by atoms with Gasteiger partial charge >= 0.3 is 0 Å². The Morgan fingerprint density at radius 1 is 1.34 bits per heavy atom. The Morgan fingerprint density at radius 2 is 2.17 bits per heavy atom. The van der Waals surface area contributed by atoms with E-state index in [4.69, 9.17) is 5.73 Å². The molecule has 0 spiro atoms. The van der Waals surface area contributed by atoms with Crippen molar-refractivity contribution in [1.29, 1.82) is 0 Å². The average molecular weight is 474 g/mol. The molecule has 0 bridgehead atoms. The van der Waals surface area contributed by atoms with Gasteiger partial charge in [-0.3, -0.25) is 14.4 Å². The fourth-order valence-corrected chi connectivity index (χ4v) is 4.27. The van der Waals surface area contributed by atoms with E-state index in [1.54, 1.807) is 22.5 Å². The second-order valence-corrected chi connectivity index (χ2v) is 8.28. The van der Waals surface area contributed by atoms with E-state index in [2.05, 4.69) is 31.2 Å². The lowest BCUT2D eigenvalue weighted by Gasteiger charge is -2.16. The van der Waals surface area contributed by atoms with Crippen molar-refractivity contribution < 1.29 is 14.4 Å². The SMILES string of the molecule is NC(=O)c1cc(-c2csc(NC(=O)C3CCN(c4cccc(Br)c4)C3=O)n2)c[nH]1. The highest BCUT2D eigenvalue weighted by Crippen LogP contribution is 2.30. The van der Waals surface area contributed by atoms with Crippen molar-refractivity contribution in [2.75, 3.05) is 16.8 Å². The van der Waals surface area contributed by atoms with E-state index in [9.17, 15) is 14.4 Å². The highest BCUT2D eigenvalue weighted by molar-refractivity contribution is 9.10. The lowest BCUT2D eigenvalue weighted by molar-refractivity contribution is -0.129. The Kier molecular flexibility index (Phi) is 5.20. The normalized spacial score (nSPS) is 16.2. The Labute approximate surface area is 178 Å². The number of halogens is 1. The maximum Gasteiger partial charge on any atom is 0.265 e. The molecular formula is C19H16BrN5O3S. The second kappa shape index (κ2) is 7.80. The maximum atomic E-state index is 12.7. The minimum Gasteiger partial charge on any atom is -0.364 e. The van der Waals surface area contributed by atoms with E-state index in [1.165, 1.54) is 11.3 Å². The van der Waals surface area contributed by atoms with Crippen molar-refractivity contribution >= 4 is 55.8 Å². The Morgan fingerprint density at radius 3 is 2.90 bits per heavy atom. The standard InChI is InChI=1S/C19H16BrN5O3S/c20-11-2-1-3-12(7-11)25-5-4-13(18(25)28)17(27)24-19-23-15(9-29-19)10-6-14(16(21)26)22-8-10/h1-3,6-9,13,22H,4-5H2,(H2,21,26)(H,23,24,27). The van der Waals surface area contributed by atoms with Crippen LogP contribution in [-0.2, 0) is 9.59 Å². The average Bonchev–Trinajstić information content (AvgIpc) is 3.40. The molecule has 3 heterocycles. The third-order valence-corrected chi connectivity index (χ3v) is 5.87. The van der Waals surface area contributed by atoms with Crippen LogP contribution < -0.4 is 16.0 Å². The van der Waals surface area contributed by atoms with Crippen LogP contribution in [0.25, 0.3) is 11.3 Å². The van der Waals surface area contributed by atoms with Crippen LogP contribution in [0.4, 0.5) is 10.8 Å². The van der Waals surface area contributed by atoms with Crippen LogP contribution in [0.1, 0.15) is 16.9 Å². The number of rotatable bonds is 5. The number of amides is 3. The zero-order valence-electron chi connectivity index (χ0n) is 15.0. The van der Waals surface area contributed by atoms with Gasteiger partial charge in [0.25, 0.3) is 5.91 Å². The van der Waals surface area contributed by atoms with Crippen molar-refractivity contribution in [3.8, 4) is 11.3 Å². The largest absolute Gasteiger partial charge is 0.364 e. The summed E-state index contributed by atoms with van der Waals surface area (Å²) in [5, 5.41) is 4.87. The number of aromatic nitrogens is 2. The smallest absolute Gasteiger partial charge is 0.265 e. The summed E-state index contributed by atoms with van der Waals surface area (Å²) in [5.41, 5.74) is 7.56. The molecule has 148 valence electrons. The number of carbonyl (C=O) groups is 3. The van der Waals surface area contributed by atoms with Gasteiger partial charge in [-0.1, -0.05) is 22.0 Å². The molecule has 1 aliphatic heterocycles. The van der Waals surface area contributed by atoms with Gasteiger partial charge < -0.3 is 20.9 Å². The molecule has 4 N–H and O–H groups in total. The number of primary amides is 1. The molecule has 10 heteroatoms. The lowest BCUT2D eigenvalue weighted by atomic mass is 10.1. The third kappa shape index (κ3) is 3.94. The zero-order chi connectivity index (χ0) is 20.5. The highest BCUT2D eigenvalue weighted by atomic mass is 79.9. The molecule has 0 radical (unpaired) electrons. The van der Waals surface area contributed by atoms with E-state index in [1.807, 2.05) is 24.3 Å². The van der Waals surface area contributed by atoms with Crippen LogP contribution in [-0.4, -0.2) is 34.2 Å². The number of hydrogen-bond acceptors (Lipinski definition) is 5. The first-order valence-corrected chi connectivity index (χ1v) is 10.4.